The van der Waals surface area contributed by atoms with Gasteiger partial charge in [-0.05, 0) is 102 Å². The van der Waals surface area contributed by atoms with Crippen LogP contribution in [-0.4, -0.2) is 106 Å². The summed E-state index contributed by atoms with van der Waals surface area (Å²) in [6, 6.07) is 27.2. The standard InChI is InChI=1S/C47H52ClN5O7/c48-23-22-38(32-8-14-35(54)15-9-32)45(33-10-16-36(55)17-11-33)34-12-18-37(19-13-34)60-30-29-51-25-27-52(28-26-51)44(57)7-2-1-3-24-49-41-6-4-5-39-40(41)31-53(47(39)59)42-20-21-43(56)50-46(42)58/h4-6,8-19,42,49,54-55H,1-3,7,20-31H2,(H,50,56,58). The lowest BCUT2D eigenvalue weighted by atomic mass is 9.88. The van der Waals surface area contributed by atoms with Gasteiger partial charge in [0.05, 0.1) is 0 Å². The summed E-state index contributed by atoms with van der Waals surface area (Å²) in [4.78, 5) is 56.0. The molecule has 1 atom stereocenters. The summed E-state index contributed by atoms with van der Waals surface area (Å²) in [6.45, 7) is 5.29. The summed E-state index contributed by atoms with van der Waals surface area (Å²) in [7, 11) is 0. The van der Waals surface area contributed by atoms with Gasteiger partial charge in [-0.15, -0.1) is 11.6 Å². The van der Waals surface area contributed by atoms with Crippen LogP contribution in [0.3, 0.4) is 0 Å². The predicted molar refractivity (Wildman–Crippen MR) is 232 cm³/mol. The Labute approximate surface area is 355 Å². The minimum absolute atomic E-state index is 0.185. The highest BCUT2D eigenvalue weighted by atomic mass is 35.5. The average molecular weight is 834 g/mol. The van der Waals surface area contributed by atoms with E-state index in [1.165, 1.54) is 0 Å². The van der Waals surface area contributed by atoms with Crippen LogP contribution in [0.15, 0.2) is 91.0 Å². The third kappa shape index (κ3) is 10.3. The number of anilines is 1. The Hall–Kier alpha value is -5.85. The number of unbranched alkanes of at least 4 members (excludes halogenated alkanes) is 2. The third-order valence-electron chi connectivity index (χ3n) is 11.5. The summed E-state index contributed by atoms with van der Waals surface area (Å²) in [5, 5.41) is 25.7. The molecule has 0 spiro atoms. The lowest BCUT2D eigenvalue weighted by Crippen LogP contribution is -2.52. The number of hydrogen-bond donors (Lipinski definition) is 4. The molecule has 12 nitrogen and oxygen atoms in total. The number of halogens is 1. The number of phenolic OH excluding ortho intramolecular Hbond substituents is 2. The molecule has 314 valence electrons. The number of allylic oxidation sites excluding steroid dienone is 1. The molecule has 7 rings (SSSR count). The van der Waals surface area contributed by atoms with Crippen molar-refractivity contribution in [1.82, 2.24) is 20.0 Å². The number of aromatic hydroxyl groups is 2. The number of piperazine rings is 1. The molecule has 3 aliphatic rings. The molecule has 4 aromatic rings. The molecule has 2 fully saturated rings. The molecule has 3 aliphatic heterocycles. The van der Waals surface area contributed by atoms with Crippen molar-refractivity contribution in [2.24, 2.45) is 0 Å². The van der Waals surface area contributed by atoms with Crippen molar-refractivity contribution in [2.75, 3.05) is 57.1 Å². The molecule has 1 unspecified atom stereocenters. The number of phenols is 2. The number of amides is 4. The van der Waals surface area contributed by atoms with E-state index in [2.05, 4.69) is 15.5 Å². The second kappa shape index (κ2) is 19.9. The molecule has 4 N–H and O–H groups in total. The molecule has 2 saturated heterocycles. The number of imide groups is 1. The van der Waals surface area contributed by atoms with Crippen molar-refractivity contribution >= 4 is 52.1 Å². The zero-order valence-electron chi connectivity index (χ0n) is 33.7. The van der Waals surface area contributed by atoms with Gasteiger partial charge in [-0.25, -0.2) is 0 Å². The minimum atomic E-state index is -0.641. The minimum Gasteiger partial charge on any atom is -0.508 e. The fraction of sp³-hybridized carbons (Fsp3) is 0.362. The maximum atomic E-state index is 13.1. The van der Waals surface area contributed by atoms with Gasteiger partial charge in [-0.1, -0.05) is 48.9 Å². The van der Waals surface area contributed by atoms with Crippen LogP contribution in [-0.2, 0) is 20.9 Å². The molecule has 4 amide bonds. The number of nitrogens with one attached hydrogen (secondary N) is 2. The van der Waals surface area contributed by atoms with Crippen LogP contribution in [0.4, 0.5) is 5.69 Å². The van der Waals surface area contributed by atoms with E-state index >= 15 is 0 Å². The zero-order chi connectivity index (χ0) is 42.0. The summed E-state index contributed by atoms with van der Waals surface area (Å²) < 4.78 is 6.15. The van der Waals surface area contributed by atoms with Gasteiger partial charge in [0.15, 0.2) is 0 Å². The van der Waals surface area contributed by atoms with Gasteiger partial charge >= 0.3 is 0 Å². The van der Waals surface area contributed by atoms with Crippen LogP contribution in [0.5, 0.6) is 17.2 Å². The topological polar surface area (TPSA) is 152 Å². The molecule has 60 heavy (non-hydrogen) atoms. The molecule has 13 heteroatoms. The number of carbonyl (C=O) groups is 4. The number of nitrogens with zero attached hydrogens (tertiary/aromatic N) is 3. The fourth-order valence-corrected chi connectivity index (χ4v) is 8.44. The number of hydrogen-bond acceptors (Lipinski definition) is 9. The first-order valence-corrected chi connectivity index (χ1v) is 21.3. The van der Waals surface area contributed by atoms with E-state index in [0.29, 0.717) is 63.5 Å². The largest absolute Gasteiger partial charge is 0.508 e. The zero-order valence-corrected chi connectivity index (χ0v) is 34.5. The molecule has 0 aromatic heterocycles. The van der Waals surface area contributed by atoms with Gasteiger partial charge in [0.2, 0.25) is 17.7 Å². The van der Waals surface area contributed by atoms with E-state index in [1.807, 2.05) is 65.6 Å². The van der Waals surface area contributed by atoms with E-state index < -0.39 is 11.9 Å². The molecule has 0 aliphatic carbocycles. The maximum Gasteiger partial charge on any atom is 0.255 e. The van der Waals surface area contributed by atoms with Crippen molar-refractivity contribution in [2.45, 2.75) is 57.5 Å². The van der Waals surface area contributed by atoms with Gasteiger partial charge in [0.1, 0.15) is 29.9 Å². The van der Waals surface area contributed by atoms with Gasteiger partial charge < -0.3 is 30.1 Å². The Kier molecular flexibility index (Phi) is 14.0. The summed E-state index contributed by atoms with van der Waals surface area (Å²) in [5.41, 5.74) is 7.24. The van der Waals surface area contributed by atoms with Crippen molar-refractivity contribution in [3.05, 3.63) is 119 Å². The van der Waals surface area contributed by atoms with Crippen LogP contribution < -0.4 is 15.4 Å². The second-order valence-electron chi connectivity index (χ2n) is 15.5. The normalized spacial score (nSPS) is 17.3. The molecule has 0 radical (unpaired) electrons. The summed E-state index contributed by atoms with van der Waals surface area (Å²) in [6.07, 6.45) is 4.26. The van der Waals surface area contributed by atoms with Gasteiger partial charge in [-0.2, -0.15) is 0 Å². The maximum absolute atomic E-state index is 13.1. The van der Waals surface area contributed by atoms with E-state index in [4.69, 9.17) is 16.3 Å². The fourth-order valence-electron chi connectivity index (χ4n) is 8.26. The molecule has 3 heterocycles. The quantitative estimate of drug-likeness (QED) is 0.0397. The molecule has 0 bridgehead atoms. The Balaban J connectivity index is 0.820. The molecular weight excluding hydrogens is 782 g/mol. The highest BCUT2D eigenvalue weighted by molar-refractivity contribution is 6.18. The van der Waals surface area contributed by atoms with Crippen molar-refractivity contribution < 1.29 is 34.1 Å². The van der Waals surface area contributed by atoms with E-state index in [0.717, 1.165) is 83.7 Å². The van der Waals surface area contributed by atoms with Crippen LogP contribution in [0, 0.1) is 0 Å². The van der Waals surface area contributed by atoms with Crippen molar-refractivity contribution in [3.8, 4) is 17.2 Å². The highest BCUT2D eigenvalue weighted by Gasteiger charge is 2.39. The van der Waals surface area contributed by atoms with Crippen LogP contribution in [0.2, 0.25) is 0 Å². The van der Waals surface area contributed by atoms with E-state index in [-0.39, 0.29) is 35.6 Å². The number of fused-ring (bicyclic) bond motifs is 1. The van der Waals surface area contributed by atoms with Crippen LogP contribution in [0.1, 0.15) is 77.6 Å². The van der Waals surface area contributed by atoms with Gasteiger partial charge in [-0.3, -0.25) is 29.4 Å². The van der Waals surface area contributed by atoms with Crippen molar-refractivity contribution in [1.29, 1.82) is 0 Å². The SMILES string of the molecule is O=C1CCC(N2Cc3c(NCCCCCC(=O)N4CCN(CCOc5ccc(C(=C(CCCl)c6ccc(O)cc6)c6ccc(O)cc6)cc5)CC4)cccc3C2=O)C(=O)N1. The van der Waals surface area contributed by atoms with Gasteiger partial charge in [0, 0.05) is 81.3 Å². The first kappa shape index (κ1) is 42.3. The molecule has 4 aromatic carbocycles. The first-order chi connectivity index (χ1) is 29.2. The Morgan fingerprint density at radius 2 is 1.47 bits per heavy atom. The lowest BCUT2D eigenvalue weighted by molar-refractivity contribution is -0.137. The van der Waals surface area contributed by atoms with Crippen molar-refractivity contribution in [3.63, 3.8) is 0 Å². The van der Waals surface area contributed by atoms with E-state index in [1.54, 1.807) is 35.2 Å². The van der Waals surface area contributed by atoms with E-state index in [9.17, 15) is 29.4 Å². The number of piperidine rings is 1. The second-order valence-corrected chi connectivity index (χ2v) is 15.8. The first-order valence-electron chi connectivity index (χ1n) is 20.8. The number of benzene rings is 4. The third-order valence-corrected chi connectivity index (χ3v) is 11.7. The summed E-state index contributed by atoms with van der Waals surface area (Å²) in [5.74, 6) is 0.844. The smallest absolute Gasteiger partial charge is 0.255 e. The van der Waals surface area contributed by atoms with Gasteiger partial charge in [0.25, 0.3) is 5.91 Å². The Morgan fingerprint density at radius 1 is 0.800 bits per heavy atom. The Morgan fingerprint density at radius 3 is 2.13 bits per heavy atom. The number of alkyl halides is 1. The monoisotopic (exact) mass is 833 g/mol. The Bertz CT molecular complexity index is 2190. The van der Waals surface area contributed by atoms with Crippen LogP contribution in [0.25, 0.3) is 11.1 Å². The lowest BCUT2D eigenvalue weighted by Gasteiger charge is -2.34. The predicted octanol–water partition coefficient (Wildman–Crippen LogP) is 6.64. The number of ether oxygens (including phenoxy) is 1. The molecular formula is C47H52ClN5O7. The number of rotatable bonds is 17. The number of carbonyl (C=O) groups excluding carboxylic acids is 4. The highest BCUT2D eigenvalue weighted by Crippen LogP contribution is 2.37. The average Bonchev–Trinajstić information content (AvgIpc) is 3.59. The molecule has 0 saturated carbocycles. The van der Waals surface area contributed by atoms with Crippen LogP contribution >= 0.6 is 11.6 Å². The summed E-state index contributed by atoms with van der Waals surface area (Å²) >= 11 is 6.29.